The molecule has 24 heavy (non-hydrogen) atoms. The number of carbonyl (C=O) groups is 2. The first-order chi connectivity index (χ1) is 11.3. The number of benzene rings is 2. The second kappa shape index (κ2) is 7.16. The number of halogens is 3. The maximum absolute atomic E-state index is 12.5. The van der Waals surface area contributed by atoms with Crippen molar-refractivity contribution in [1.82, 2.24) is 0 Å². The molecule has 0 aromatic heterocycles. The summed E-state index contributed by atoms with van der Waals surface area (Å²) < 4.78 is 42.3. The topological polar surface area (TPSA) is 55.4 Å². The fourth-order valence-electron chi connectivity index (χ4n) is 1.92. The molecule has 0 saturated heterocycles. The molecule has 0 saturated carbocycles. The molecule has 1 amide bonds. The van der Waals surface area contributed by atoms with E-state index in [1.54, 1.807) is 6.92 Å². The van der Waals surface area contributed by atoms with Crippen molar-refractivity contribution in [2.24, 2.45) is 0 Å². The number of carbonyl (C=O) groups excluding carboxylic acids is 2. The highest BCUT2D eigenvalue weighted by molar-refractivity contribution is 6.04. The molecule has 0 radical (unpaired) electrons. The lowest BCUT2D eigenvalue weighted by Gasteiger charge is -2.09. The Hall–Kier alpha value is -2.83. The second-order valence-corrected chi connectivity index (χ2v) is 4.83. The Morgan fingerprint density at radius 3 is 2.00 bits per heavy atom. The van der Waals surface area contributed by atoms with Crippen LogP contribution >= 0.6 is 0 Å². The van der Waals surface area contributed by atoms with E-state index in [9.17, 15) is 22.8 Å². The second-order valence-electron chi connectivity index (χ2n) is 4.83. The van der Waals surface area contributed by atoms with Crippen LogP contribution in [-0.4, -0.2) is 18.5 Å². The summed E-state index contributed by atoms with van der Waals surface area (Å²) in [5, 5.41) is 2.54. The van der Waals surface area contributed by atoms with Gasteiger partial charge in [-0.25, -0.2) is 4.79 Å². The van der Waals surface area contributed by atoms with Crippen LogP contribution < -0.4 is 5.32 Å². The van der Waals surface area contributed by atoms with Gasteiger partial charge in [0.1, 0.15) is 0 Å². The van der Waals surface area contributed by atoms with Crippen molar-refractivity contribution >= 4 is 17.6 Å². The highest BCUT2D eigenvalue weighted by Crippen LogP contribution is 2.29. The van der Waals surface area contributed by atoms with Gasteiger partial charge in [-0.05, 0) is 55.5 Å². The fourth-order valence-corrected chi connectivity index (χ4v) is 1.92. The number of hydrogen-bond acceptors (Lipinski definition) is 3. The van der Waals surface area contributed by atoms with Crippen LogP contribution in [0.4, 0.5) is 18.9 Å². The summed E-state index contributed by atoms with van der Waals surface area (Å²) in [7, 11) is 0. The maximum Gasteiger partial charge on any atom is 0.416 e. The van der Waals surface area contributed by atoms with Gasteiger partial charge >= 0.3 is 12.1 Å². The Morgan fingerprint density at radius 1 is 0.958 bits per heavy atom. The van der Waals surface area contributed by atoms with Crippen LogP contribution in [0.15, 0.2) is 48.5 Å². The fraction of sp³-hybridized carbons (Fsp3) is 0.176. The van der Waals surface area contributed by atoms with Gasteiger partial charge in [0.05, 0.1) is 17.7 Å². The van der Waals surface area contributed by atoms with Crippen molar-refractivity contribution in [3.05, 3.63) is 65.2 Å². The molecule has 1 N–H and O–H groups in total. The van der Waals surface area contributed by atoms with Crippen molar-refractivity contribution in [2.45, 2.75) is 13.1 Å². The smallest absolute Gasteiger partial charge is 0.416 e. The van der Waals surface area contributed by atoms with E-state index in [4.69, 9.17) is 4.74 Å². The van der Waals surface area contributed by atoms with E-state index in [-0.39, 0.29) is 12.2 Å². The third-order valence-corrected chi connectivity index (χ3v) is 3.13. The zero-order valence-corrected chi connectivity index (χ0v) is 12.7. The van der Waals surface area contributed by atoms with Gasteiger partial charge in [-0.2, -0.15) is 13.2 Å². The minimum absolute atomic E-state index is 0.0949. The normalized spacial score (nSPS) is 11.0. The number of amides is 1. The van der Waals surface area contributed by atoms with Crippen LogP contribution in [0.25, 0.3) is 0 Å². The number of ether oxygens (including phenoxy) is 1. The van der Waals surface area contributed by atoms with Crippen LogP contribution in [0.2, 0.25) is 0 Å². The Labute approximate surface area is 136 Å². The van der Waals surface area contributed by atoms with Gasteiger partial charge in [0.25, 0.3) is 5.91 Å². The Morgan fingerprint density at radius 2 is 1.50 bits per heavy atom. The van der Waals surface area contributed by atoms with Crippen LogP contribution in [-0.2, 0) is 10.9 Å². The molecule has 0 aliphatic heterocycles. The minimum Gasteiger partial charge on any atom is -0.462 e. The van der Waals surface area contributed by atoms with Gasteiger partial charge in [-0.15, -0.1) is 0 Å². The van der Waals surface area contributed by atoms with E-state index < -0.39 is 23.6 Å². The first-order valence-corrected chi connectivity index (χ1v) is 7.07. The van der Waals surface area contributed by atoms with Gasteiger partial charge in [0.2, 0.25) is 0 Å². The molecule has 0 aliphatic carbocycles. The first-order valence-electron chi connectivity index (χ1n) is 7.07. The Kier molecular flexibility index (Phi) is 5.23. The van der Waals surface area contributed by atoms with Crippen LogP contribution in [0.3, 0.4) is 0 Å². The number of hydrogen-bond donors (Lipinski definition) is 1. The van der Waals surface area contributed by atoms with Crippen molar-refractivity contribution in [3.8, 4) is 0 Å². The van der Waals surface area contributed by atoms with Gasteiger partial charge < -0.3 is 10.1 Å². The third-order valence-electron chi connectivity index (χ3n) is 3.13. The van der Waals surface area contributed by atoms with Crippen molar-refractivity contribution in [1.29, 1.82) is 0 Å². The molecule has 126 valence electrons. The molecule has 0 fully saturated rings. The standard InChI is InChI=1S/C17H14F3NO3/c1-2-24-16(23)12-5-9-14(10-6-12)21-15(22)11-3-7-13(8-4-11)17(18,19)20/h3-10H,2H2,1H3,(H,21,22). The Bertz CT molecular complexity index is 722. The van der Waals surface area contributed by atoms with Crippen molar-refractivity contribution < 1.29 is 27.5 Å². The van der Waals surface area contributed by atoms with E-state index in [1.165, 1.54) is 24.3 Å². The highest BCUT2D eigenvalue weighted by atomic mass is 19.4. The molecular weight excluding hydrogens is 323 g/mol. The third kappa shape index (κ3) is 4.34. The van der Waals surface area contributed by atoms with E-state index in [0.717, 1.165) is 24.3 Å². The van der Waals surface area contributed by atoms with E-state index >= 15 is 0 Å². The molecule has 0 aliphatic rings. The summed E-state index contributed by atoms with van der Waals surface area (Å²) in [5.74, 6) is -1.02. The first kappa shape index (κ1) is 17.5. The largest absolute Gasteiger partial charge is 0.462 e. The Balaban J connectivity index is 2.05. The van der Waals surface area contributed by atoms with Crippen molar-refractivity contribution in [3.63, 3.8) is 0 Å². The lowest BCUT2D eigenvalue weighted by molar-refractivity contribution is -0.137. The summed E-state index contributed by atoms with van der Waals surface area (Å²) in [5.41, 5.74) is 0.0210. The number of esters is 1. The van der Waals surface area contributed by atoms with Gasteiger partial charge in [0.15, 0.2) is 0 Å². The zero-order valence-electron chi connectivity index (χ0n) is 12.7. The highest BCUT2D eigenvalue weighted by Gasteiger charge is 2.30. The van der Waals surface area contributed by atoms with E-state index in [1.807, 2.05) is 0 Å². The molecule has 0 bridgehead atoms. The van der Waals surface area contributed by atoms with Gasteiger partial charge in [0, 0.05) is 11.3 Å². The van der Waals surface area contributed by atoms with E-state index in [2.05, 4.69) is 5.32 Å². The summed E-state index contributed by atoms with van der Waals surface area (Å²) in [6, 6.07) is 9.89. The average molecular weight is 337 g/mol. The molecule has 2 rings (SSSR count). The summed E-state index contributed by atoms with van der Waals surface area (Å²) >= 11 is 0. The summed E-state index contributed by atoms with van der Waals surface area (Å²) in [4.78, 5) is 23.5. The molecule has 0 spiro atoms. The molecule has 0 heterocycles. The molecule has 2 aromatic rings. The average Bonchev–Trinajstić information content (AvgIpc) is 2.55. The maximum atomic E-state index is 12.5. The number of anilines is 1. The van der Waals surface area contributed by atoms with E-state index in [0.29, 0.717) is 11.3 Å². The van der Waals surface area contributed by atoms with Crippen LogP contribution in [0, 0.1) is 0 Å². The molecule has 0 atom stereocenters. The predicted octanol–water partition coefficient (Wildman–Crippen LogP) is 4.13. The zero-order chi connectivity index (χ0) is 17.7. The molecule has 2 aromatic carbocycles. The predicted molar refractivity (Wildman–Crippen MR) is 81.8 cm³/mol. The molecular formula is C17H14F3NO3. The molecule has 0 unspecified atom stereocenters. The lowest BCUT2D eigenvalue weighted by atomic mass is 10.1. The number of rotatable bonds is 4. The summed E-state index contributed by atoms with van der Waals surface area (Å²) in [6.07, 6.45) is -4.45. The van der Waals surface area contributed by atoms with Crippen LogP contribution in [0.5, 0.6) is 0 Å². The number of nitrogens with one attached hydrogen (secondary N) is 1. The molecule has 7 heteroatoms. The van der Waals surface area contributed by atoms with Gasteiger partial charge in [-0.1, -0.05) is 0 Å². The van der Waals surface area contributed by atoms with Crippen LogP contribution in [0.1, 0.15) is 33.2 Å². The minimum atomic E-state index is -4.45. The monoisotopic (exact) mass is 337 g/mol. The quantitative estimate of drug-likeness (QED) is 0.853. The van der Waals surface area contributed by atoms with Crippen molar-refractivity contribution in [2.75, 3.05) is 11.9 Å². The SMILES string of the molecule is CCOC(=O)c1ccc(NC(=O)c2ccc(C(F)(F)F)cc2)cc1. The lowest BCUT2D eigenvalue weighted by Crippen LogP contribution is -2.13. The molecule has 4 nitrogen and oxygen atoms in total. The van der Waals surface area contributed by atoms with Gasteiger partial charge in [-0.3, -0.25) is 4.79 Å². The summed E-state index contributed by atoms with van der Waals surface area (Å²) in [6.45, 7) is 1.95. The number of alkyl halides is 3.